The molecule has 12 heteroatoms. The average Bonchev–Trinajstić information content (AvgIpc) is 3.41. The molecule has 1 fully saturated rings. The molecule has 3 heterocycles. The third-order valence-corrected chi connectivity index (χ3v) is 8.04. The second-order valence-electron chi connectivity index (χ2n) is 11.9. The molecule has 2 aliphatic heterocycles. The molecule has 4 rings (SSSR count). The quantitative estimate of drug-likeness (QED) is 0.375. The van der Waals surface area contributed by atoms with Crippen LogP contribution in [0.5, 0.6) is 0 Å². The van der Waals surface area contributed by atoms with Gasteiger partial charge in [0.15, 0.2) is 5.69 Å². The minimum atomic E-state index is -0.902. The predicted octanol–water partition coefficient (Wildman–Crippen LogP) is 2.41. The van der Waals surface area contributed by atoms with E-state index in [0.717, 1.165) is 24.8 Å². The van der Waals surface area contributed by atoms with Crippen molar-refractivity contribution in [1.82, 2.24) is 31.2 Å². The summed E-state index contributed by atoms with van der Waals surface area (Å²) >= 11 is 0. The monoisotopic (exact) mass is 608 g/mol. The number of likely N-dealkylation sites (tertiary alicyclic amines) is 1. The molecule has 0 aliphatic carbocycles. The highest BCUT2D eigenvalue weighted by Gasteiger charge is 2.32. The third kappa shape index (κ3) is 9.39. The zero-order chi connectivity index (χ0) is 31.5. The van der Waals surface area contributed by atoms with E-state index >= 15 is 0 Å². The van der Waals surface area contributed by atoms with Gasteiger partial charge in [-0.1, -0.05) is 50.6 Å². The Labute approximate surface area is 258 Å². The van der Waals surface area contributed by atoms with E-state index in [2.05, 4.69) is 26.3 Å². The van der Waals surface area contributed by atoms with Crippen LogP contribution >= 0.6 is 0 Å². The first-order chi connectivity index (χ1) is 21.2. The topological polar surface area (TPSA) is 163 Å². The highest BCUT2D eigenvalue weighted by atomic mass is 16.3. The summed E-state index contributed by atoms with van der Waals surface area (Å²) in [6.45, 7) is 4.93. The van der Waals surface area contributed by atoms with Gasteiger partial charge in [-0.25, -0.2) is 4.98 Å². The normalized spacial score (nSPS) is 22.5. The fraction of sp³-hybridized carbons (Fsp3) is 0.562. The predicted molar refractivity (Wildman–Crippen MR) is 162 cm³/mol. The molecule has 1 saturated heterocycles. The molecule has 4 N–H and O–H groups in total. The van der Waals surface area contributed by atoms with Crippen molar-refractivity contribution in [1.29, 1.82) is 0 Å². The molecule has 1 aromatic carbocycles. The van der Waals surface area contributed by atoms with Gasteiger partial charge in [0.1, 0.15) is 24.4 Å². The number of carbonyl (C=O) groups is 5. The van der Waals surface area contributed by atoms with E-state index < -0.39 is 35.8 Å². The first kappa shape index (κ1) is 32.7. The van der Waals surface area contributed by atoms with Gasteiger partial charge in [-0.05, 0) is 43.6 Å². The first-order valence-corrected chi connectivity index (χ1v) is 15.7. The highest BCUT2D eigenvalue weighted by Crippen LogP contribution is 2.20. The summed E-state index contributed by atoms with van der Waals surface area (Å²) in [7, 11) is 0. The number of carbonyl (C=O) groups excluding carboxylic acids is 5. The van der Waals surface area contributed by atoms with Crippen molar-refractivity contribution < 1.29 is 28.4 Å². The fourth-order valence-corrected chi connectivity index (χ4v) is 5.46. The third-order valence-electron chi connectivity index (χ3n) is 8.04. The summed E-state index contributed by atoms with van der Waals surface area (Å²) in [6.07, 6.45) is 6.37. The molecule has 0 radical (unpaired) electrons. The van der Waals surface area contributed by atoms with Crippen LogP contribution in [0.25, 0.3) is 0 Å². The van der Waals surface area contributed by atoms with Gasteiger partial charge in [0.25, 0.3) is 5.91 Å². The molecular weight excluding hydrogens is 564 g/mol. The van der Waals surface area contributed by atoms with E-state index in [9.17, 15) is 24.0 Å². The van der Waals surface area contributed by atoms with E-state index in [1.54, 1.807) is 4.90 Å². The Morgan fingerprint density at radius 3 is 2.59 bits per heavy atom. The van der Waals surface area contributed by atoms with Gasteiger partial charge >= 0.3 is 0 Å². The summed E-state index contributed by atoms with van der Waals surface area (Å²) in [5.41, 5.74) is 1.03. The van der Waals surface area contributed by atoms with Gasteiger partial charge < -0.3 is 30.6 Å². The molecule has 2 aromatic rings. The van der Waals surface area contributed by atoms with Crippen LogP contribution in [0.4, 0.5) is 0 Å². The van der Waals surface area contributed by atoms with E-state index in [4.69, 9.17) is 4.42 Å². The van der Waals surface area contributed by atoms with Crippen LogP contribution in [-0.4, -0.2) is 71.1 Å². The van der Waals surface area contributed by atoms with Crippen molar-refractivity contribution in [3.63, 3.8) is 0 Å². The zero-order valence-corrected chi connectivity index (χ0v) is 25.6. The lowest BCUT2D eigenvalue weighted by atomic mass is 10.00. The second kappa shape index (κ2) is 16.0. The van der Waals surface area contributed by atoms with Crippen molar-refractivity contribution >= 4 is 29.5 Å². The number of aromatic nitrogens is 1. The van der Waals surface area contributed by atoms with Crippen molar-refractivity contribution in [3.05, 3.63) is 53.7 Å². The van der Waals surface area contributed by atoms with Gasteiger partial charge in [-0.2, -0.15) is 0 Å². The number of oxazole rings is 1. The van der Waals surface area contributed by atoms with Crippen LogP contribution in [-0.2, 0) is 25.6 Å². The van der Waals surface area contributed by atoms with E-state index in [1.807, 2.05) is 44.2 Å². The molecule has 1 aromatic heterocycles. The first-order valence-electron chi connectivity index (χ1n) is 15.7. The van der Waals surface area contributed by atoms with E-state index in [1.165, 1.54) is 6.26 Å². The Morgan fingerprint density at radius 1 is 1.02 bits per heavy atom. The summed E-state index contributed by atoms with van der Waals surface area (Å²) in [5.74, 6) is -1.67. The van der Waals surface area contributed by atoms with Gasteiger partial charge in [0.2, 0.25) is 29.5 Å². The van der Waals surface area contributed by atoms with Gasteiger partial charge in [-0.3, -0.25) is 24.0 Å². The summed E-state index contributed by atoms with van der Waals surface area (Å²) in [5, 5.41) is 11.5. The Kier molecular flexibility index (Phi) is 11.9. The number of fused-ring (bicyclic) bond motifs is 2. The van der Waals surface area contributed by atoms with Crippen molar-refractivity contribution in [3.8, 4) is 0 Å². The van der Waals surface area contributed by atoms with Crippen molar-refractivity contribution in [2.24, 2.45) is 5.92 Å². The molecule has 238 valence electrons. The number of nitrogens with one attached hydrogen (secondary N) is 4. The highest BCUT2D eigenvalue weighted by molar-refractivity contribution is 5.93. The summed E-state index contributed by atoms with van der Waals surface area (Å²) in [6, 6.07) is 7.01. The smallest absolute Gasteiger partial charge is 0.273 e. The van der Waals surface area contributed by atoms with Crippen LogP contribution in [0.3, 0.4) is 0 Å². The molecule has 0 saturated carbocycles. The average molecular weight is 609 g/mol. The van der Waals surface area contributed by atoms with Gasteiger partial charge in [0, 0.05) is 38.9 Å². The maximum Gasteiger partial charge on any atom is 0.273 e. The molecule has 5 amide bonds. The van der Waals surface area contributed by atoms with Crippen molar-refractivity contribution in [2.45, 2.75) is 89.8 Å². The molecule has 44 heavy (non-hydrogen) atoms. The maximum absolute atomic E-state index is 13.6. The minimum Gasteiger partial charge on any atom is -0.446 e. The molecule has 2 aliphatic rings. The maximum atomic E-state index is 13.6. The number of hydrogen-bond donors (Lipinski definition) is 4. The molecular formula is C32H44N6O6. The number of rotatable bonds is 7. The lowest BCUT2D eigenvalue weighted by molar-refractivity contribution is -0.134. The Bertz CT molecular complexity index is 1300. The number of hydrogen-bond acceptors (Lipinski definition) is 7. The van der Waals surface area contributed by atoms with Crippen LogP contribution < -0.4 is 21.3 Å². The summed E-state index contributed by atoms with van der Waals surface area (Å²) < 4.78 is 5.66. The molecule has 12 nitrogen and oxygen atoms in total. The number of amides is 5. The van der Waals surface area contributed by atoms with Crippen LogP contribution in [0, 0.1) is 5.92 Å². The standard InChI is InChI=1S/C32H44N6O6/c1-21(2)28-31(43)35-24(19-22-11-5-3-6-12-22)32-36-25(20-44-32)29(41)33-16-9-8-13-23(30(42)37-28)34-26(39)15-18-38-17-10-4-7-14-27(38)40/h3,5-6,11-12,20-21,23-24,28H,4,7-10,13-19H2,1-2H3,(H,33,41)(H,34,39)(H,35,43)(H,37,42)/t23-,24+,28-/m0/s1. The van der Waals surface area contributed by atoms with Crippen LogP contribution in [0.1, 0.15) is 93.2 Å². The zero-order valence-electron chi connectivity index (χ0n) is 25.6. The van der Waals surface area contributed by atoms with E-state index in [0.29, 0.717) is 51.7 Å². The molecule has 3 atom stereocenters. The largest absolute Gasteiger partial charge is 0.446 e. The summed E-state index contributed by atoms with van der Waals surface area (Å²) in [4.78, 5) is 71.4. The second-order valence-corrected chi connectivity index (χ2v) is 11.9. The van der Waals surface area contributed by atoms with Crippen LogP contribution in [0.2, 0.25) is 0 Å². The lowest BCUT2D eigenvalue weighted by Gasteiger charge is -2.27. The fourth-order valence-electron chi connectivity index (χ4n) is 5.46. The molecule has 2 bridgehead atoms. The minimum absolute atomic E-state index is 0.0525. The number of benzene rings is 1. The van der Waals surface area contributed by atoms with E-state index in [-0.39, 0.29) is 35.7 Å². The van der Waals surface area contributed by atoms with Gasteiger partial charge in [-0.15, -0.1) is 0 Å². The Balaban J connectivity index is 1.50. The number of nitrogens with zero attached hydrogens (tertiary/aromatic N) is 2. The van der Waals surface area contributed by atoms with Gasteiger partial charge in [0.05, 0.1) is 0 Å². The van der Waals surface area contributed by atoms with Crippen LogP contribution in [0.15, 0.2) is 41.0 Å². The lowest BCUT2D eigenvalue weighted by Crippen LogP contribution is -2.56. The SMILES string of the molecule is CC(C)[C@@H]1NC(=O)[C@@H](NC(=O)CCN2CCCCCC2=O)CCCCNC(=O)c2coc(n2)[C@@H](Cc2ccccc2)NC1=O. The Hall–Kier alpha value is -4.22. The molecule has 0 unspecified atom stereocenters. The van der Waals surface area contributed by atoms with Crippen molar-refractivity contribution in [2.75, 3.05) is 19.6 Å². The molecule has 0 spiro atoms. The Morgan fingerprint density at radius 2 is 1.82 bits per heavy atom.